The highest BCUT2D eigenvalue weighted by atomic mass is 32.1. The number of rotatable bonds is 0. The number of fused-ring (bicyclic) bond motifs is 3. The molecule has 1 aromatic carbocycles. The van der Waals surface area contributed by atoms with Gasteiger partial charge in [0.15, 0.2) is 0 Å². The molecule has 70 valence electrons. The maximum atomic E-state index is 4.60. The number of aryl methyl sites for hydroxylation is 1. The van der Waals surface area contributed by atoms with Gasteiger partial charge in [-0.25, -0.2) is 4.98 Å². The monoisotopic (exact) mass is 201 g/mol. The van der Waals surface area contributed by atoms with Crippen LogP contribution < -0.4 is 0 Å². The molecule has 2 heteroatoms. The molecule has 0 amide bonds. The van der Waals surface area contributed by atoms with Crippen LogP contribution in [0.1, 0.15) is 28.3 Å². The molecule has 0 bridgehead atoms. The van der Waals surface area contributed by atoms with E-state index in [2.05, 4.69) is 43.1 Å². The van der Waals surface area contributed by atoms with E-state index in [9.17, 15) is 0 Å². The lowest BCUT2D eigenvalue weighted by molar-refractivity contribution is 0.979. The first kappa shape index (κ1) is 8.18. The van der Waals surface area contributed by atoms with Gasteiger partial charge in [0.05, 0.1) is 10.7 Å². The highest BCUT2D eigenvalue weighted by Crippen LogP contribution is 2.46. The second-order valence-corrected chi connectivity index (χ2v) is 4.99. The molecule has 1 aliphatic carbocycles. The van der Waals surface area contributed by atoms with E-state index >= 15 is 0 Å². The molecule has 0 N–H and O–H groups in total. The van der Waals surface area contributed by atoms with Gasteiger partial charge in [-0.1, -0.05) is 31.2 Å². The van der Waals surface area contributed by atoms with E-state index in [0.29, 0.717) is 5.92 Å². The molecule has 1 nitrogen and oxygen atoms in total. The summed E-state index contributed by atoms with van der Waals surface area (Å²) in [7, 11) is 0. The molecule has 14 heavy (non-hydrogen) atoms. The van der Waals surface area contributed by atoms with Crippen molar-refractivity contribution < 1.29 is 0 Å². The molecule has 0 radical (unpaired) electrons. The first-order chi connectivity index (χ1) is 6.77. The molecule has 1 aromatic heterocycles. The predicted molar refractivity (Wildman–Crippen MR) is 59.8 cm³/mol. The van der Waals surface area contributed by atoms with Crippen LogP contribution in [-0.4, -0.2) is 4.98 Å². The predicted octanol–water partition coefficient (Wildman–Crippen LogP) is 3.58. The van der Waals surface area contributed by atoms with Gasteiger partial charge in [-0.2, -0.15) is 0 Å². The molecule has 0 fully saturated rings. The van der Waals surface area contributed by atoms with Crippen LogP contribution in [0.25, 0.3) is 11.3 Å². The number of thiazole rings is 1. The summed E-state index contributed by atoms with van der Waals surface area (Å²) in [5.74, 6) is 0.535. The molecule has 3 rings (SSSR count). The van der Waals surface area contributed by atoms with Crippen LogP contribution in [0, 0.1) is 6.92 Å². The summed E-state index contributed by atoms with van der Waals surface area (Å²) in [6, 6.07) is 8.59. The quantitative estimate of drug-likeness (QED) is 0.635. The van der Waals surface area contributed by atoms with Crippen LogP contribution in [0.5, 0.6) is 0 Å². The highest BCUT2D eigenvalue weighted by Gasteiger charge is 2.28. The molecule has 1 atom stereocenters. The standard InChI is InChI=1S/C12H11NS/c1-7-9-5-3-4-6-10(9)11-12(7)14-8(2)13-11/h3-7H,1-2H3. The minimum atomic E-state index is 0.535. The summed E-state index contributed by atoms with van der Waals surface area (Å²) in [5.41, 5.74) is 3.98. The van der Waals surface area contributed by atoms with E-state index in [1.165, 1.54) is 26.7 Å². The number of benzene rings is 1. The lowest BCUT2D eigenvalue weighted by Gasteiger charge is -2.03. The van der Waals surface area contributed by atoms with Gasteiger partial charge in [0, 0.05) is 16.4 Å². The van der Waals surface area contributed by atoms with Gasteiger partial charge in [-0.05, 0) is 12.5 Å². The van der Waals surface area contributed by atoms with Crippen LogP contribution >= 0.6 is 11.3 Å². The Hall–Kier alpha value is -1.15. The molecule has 0 saturated carbocycles. The summed E-state index contributed by atoms with van der Waals surface area (Å²) < 4.78 is 0. The SMILES string of the molecule is Cc1nc2c(s1)C(C)c1ccccc1-2. The molecule has 1 aliphatic rings. The molecular formula is C12H11NS. The van der Waals surface area contributed by atoms with Gasteiger partial charge in [-0.15, -0.1) is 11.3 Å². The van der Waals surface area contributed by atoms with Crippen molar-refractivity contribution in [1.82, 2.24) is 4.98 Å². The molecule has 1 unspecified atom stereocenters. The fourth-order valence-electron chi connectivity index (χ4n) is 2.16. The Labute approximate surface area is 87.4 Å². The van der Waals surface area contributed by atoms with Crippen LogP contribution in [0.3, 0.4) is 0 Å². The largest absolute Gasteiger partial charge is 0.241 e. The third-order valence-corrected chi connectivity index (χ3v) is 3.99. The van der Waals surface area contributed by atoms with E-state index in [4.69, 9.17) is 0 Å². The summed E-state index contributed by atoms with van der Waals surface area (Å²) >= 11 is 1.83. The van der Waals surface area contributed by atoms with Crippen molar-refractivity contribution in [1.29, 1.82) is 0 Å². The molecule has 0 aliphatic heterocycles. The van der Waals surface area contributed by atoms with E-state index in [0.717, 1.165) is 0 Å². The molecule has 2 aromatic rings. The Morgan fingerprint density at radius 3 is 2.93 bits per heavy atom. The third-order valence-electron chi connectivity index (χ3n) is 2.84. The Balaban J connectivity index is 2.34. The smallest absolute Gasteiger partial charge is 0.0904 e. The zero-order valence-electron chi connectivity index (χ0n) is 8.24. The van der Waals surface area contributed by atoms with Gasteiger partial charge in [0.25, 0.3) is 0 Å². The van der Waals surface area contributed by atoms with E-state index < -0.39 is 0 Å². The van der Waals surface area contributed by atoms with Gasteiger partial charge in [0.2, 0.25) is 0 Å². The van der Waals surface area contributed by atoms with Crippen LogP contribution in [-0.2, 0) is 0 Å². The first-order valence-electron chi connectivity index (χ1n) is 4.84. The summed E-state index contributed by atoms with van der Waals surface area (Å²) in [6.45, 7) is 4.35. The minimum Gasteiger partial charge on any atom is -0.241 e. The maximum Gasteiger partial charge on any atom is 0.0904 e. The number of aromatic nitrogens is 1. The van der Waals surface area contributed by atoms with Gasteiger partial charge in [-0.3, -0.25) is 0 Å². The zero-order valence-corrected chi connectivity index (χ0v) is 9.06. The van der Waals surface area contributed by atoms with Crippen molar-refractivity contribution in [3.8, 4) is 11.3 Å². The van der Waals surface area contributed by atoms with Crippen LogP contribution in [0.4, 0.5) is 0 Å². The van der Waals surface area contributed by atoms with Gasteiger partial charge < -0.3 is 0 Å². The number of nitrogens with zero attached hydrogens (tertiary/aromatic N) is 1. The Bertz CT molecular complexity index is 499. The van der Waals surface area contributed by atoms with E-state index in [-0.39, 0.29) is 0 Å². The second-order valence-electron chi connectivity index (χ2n) is 3.75. The summed E-state index contributed by atoms with van der Waals surface area (Å²) in [4.78, 5) is 6.04. The lowest BCUT2D eigenvalue weighted by Crippen LogP contribution is -1.86. The highest BCUT2D eigenvalue weighted by molar-refractivity contribution is 7.12. The fourth-order valence-corrected chi connectivity index (χ4v) is 3.17. The second kappa shape index (κ2) is 2.67. The Morgan fingerprint density at radius 2 is 2.07 bits per heavy atom. The molecule has 1 heterocycles. The van der Waals surface area contributed by atoms with E-state index in [1.54, 1.807) is 0 Å². The van der Waals surface area contributed by atoms with Gasteiger partial charge in [0.1, 0.15) is 0 Å². The van der Waals surface area contributed by atoms with Crippen molar-refractivity contribution in [3.05, 3.63) is 39.7 Å². The number of hydrogen-bond donors (Lipinski definition) is 0. The van der Waals surface area contributed by atoms with Crippen molar-refractivity contribution in [2.45, 2.75) is 19.8 Å². The average Bonchev–Trinajstić information content (AvgIpc) is 2.68. The van der Waals surface area contributed by atoms with E-state index in [1.807, 2.05) is 11.3 Å². The van der Waals surface area contributed by atoms with Crippen molar-refractivity contribution in [2.24, 2.45) is 0 Å². The molecule has 0 spiro atoms. The molecular weight excluding hydrogens is 190 g/mol. The third kappa shape index (κ3) is 0.919. The summed E-state index contributed by atoms with van der Waals surface area (Å²) in [5, 5.41) is 1.18. The average molecular weight is 201 g/mol. The lowest BCUT2D eigenvalue weighted by atomic mass is 10.0. The molecule has 0 saturated heterocycles. The Kier molecular flexibility index (Phi) is 1.56. The maximum absolute atomic E-state index is 4.60. The number of hydrogen-bond acceptors (Lipinski definition) is 2. The first-order valence-corrected chi connectivity index (χ1v) is 5.65. The van der Waals surface area contributed by atoms with Crippen molar-refractivity contribution in [3.63, 3.8) is 0 Å². The Morgan fingerprint density at radius 1 is 1.29 bits per heavy atom. The summed E-state index contributed by atoms with van der Waals surface area (Å²) in [6.07, 6.45) is 0. The van der Waals surface area contributed by atoms with Crippen molar-refractivity contribution >= 4 is 11.3 Å². The normalized spacial score (nSPS) is 18.0. The minimum absolute atomic E-state index is 0.535. The fraction of sp³-hybridized carbons (Fsp3) is 0.250. The van der Waals surface area contributed by atoms with Crippen LogP contribution in [0.2, 0.25) is 0 Å². The van der Waals surface area contributed by atoms with Gasteiger partial charge >= 0.3 is 0 Å². The van der Waals surface area contributed by atoms with Crippen LogP contribution in [0.15, 0.2) is 24.3 Å². The van der Waals surface area contributed by atoms with Crippen molar-refractivity contribution in [2.75, 3.05) is 0 Å². The topological polar surface area (TPSA) is 12.9 Å². The zero-order chi connectivity index (χ0) is 9.71.